The van der Waals surface area contributed by atoms with Gasteiger partial charge in [0.1, 0.15) is 0 Å². The van der Waals surface area contributed by atoms with Crippen molar-refractivity contribution in [1.29, 1.82) is 0 Å². The molecule has 1 aliphatic heterocycles. The minimum Gasteiger partial charge on any atom is -0.377 e. The lowest BCUT2D eigenvalue weighted by atomic mass is 10.0. The molecule has 7 nitrogen and oxygen atoms in total. The fourth-order valence-electron chi connectivity index (χ4n) is 0.794. The average molecular weight is 154 g/mol. The third kappa shape index (κ3) is 1.08. The van der Waals surface area contributed by atoms with Crippen LogP contribution in [-0.2, 0) is 4.74 Å². The smallest absolute Gasteiger partial charge is 0.175 e. The van der Waals surface area contributed by atoms with E-state index in [4.69, 9.17) is 15.8 Å². The van der Waals surface area contributed by atoms with E-state index in [1.165, 1.54) is 0 Å². The van der Waals surface area contributed by atoms with Crippen LogP contribution in [0.3, 0.4) is 0 Å². The van der Waals surface area contributed by atoms with Gasteiger partial charge in [-0.2, -0.15) is 0 Å². The SMILES string of the molecule is CC1OCC1(N=[N+]=[N-])N=[N+]=[N-]. The van der Waals surface area contributed by atoms with Gasteiger partial charge in [0.15, 0.2) is 5.66 Å². The van der Waals surface area contributed by atoms with Crippen LogP contribution in [0.4, 0.5) is 0 Å². The molecular weight excluding hydrogens is 148 g/mol. The first kappa shape index (κ1) is 7.68. The number of azide groups is 1. The van der Waals surface area contributed by atoms with Crippen molar-refractivity contribution < 1.29 is 4.74 Å². The molecule has 1 unspecified atom stereocenters. The van der Waals surface area contributed by atoms with Crippen molar-refractivity contribution in [1.82, 2.24) is 0 Å². The Balaban J connectivity index is 2.88. The molecule has 0 radical (unpaired) electrons. The van der Waals surface area contributed by atoms with Crippen LogP contribution in [0, 0.1) is 0 Å². The van der Waals surface area contributed by atoms with Gasteiger partial charge in [0.2, 0.25) is 0 Å². The standard InChI is InChI=1S/C4H6N6O/c1-3-4(2-11-3,7-9-5)8-10-6/h3H,2H2,1H3. The molecule has 0 amide bonds. The van der Waals surface area contributed by atoms with E-state index in [1.54, 1.807) is 6.92 Å². The van der Waals surface area contributed by atoms with E-state index < -0.39 is 5.66 Å². The summed E-state index contributed by atoms with van der Waals surface area (Å²) in [5, 5.41) is 6.73. The third-order valence-electron chi connectivity index (χ3n) is 1.63. The lowest BCUT2D eigenvalue weighted by Gasteiger charge is -2.39. The summed E-state index contributed by atoms with van der Waals surface area (Å²) in [6.45, 7) is 1.86. The van der Waals surface area contributed by atoms with Crippen molar-refractivity contribution in [3.63, 3.8) is 0 Å². The molecule has 0 aromatic carbocycles. The van der Waals surface area contributed by atoms with Crippen molar-refractivity contribution in [2.45, 2.75) is 18.7 Å². The molecule has 11 heavy (non-hydrogen) atoms. The summed E-state index contributed by atoms with van der Waals surface area (Å²) in [4.78, 5) is 5.16. The Morgan fingerprint density at radius 1 is 1.45 bits per heavy atom. The number of hydrogen-bond donors (Lipinski definition) is 0. The summed E-state index contributed by atoms with van der Waals surface area (Å²) < 4.78 is 4.92. The second-order valence-electron chi connectivity index (χ2n) is 2.21. The predicted molar refractivity (Wildman–Crippen MR) is 36.4 cm³/mol. The van der Waals surface area contributed by atoms with Gasteiger partial charge >= 0.3 is 0 Å². The molecule has 0 bridgehead atoms. The zero-order valence-corrected chi connectivity index (χ0v) is 5.88. The first-order valence-electron chi connectivity index (χ1n) is 2.99. The molecule has 0 aromatic rings. The Hall–Kier alpha value is -1.42. The minimum absolute atomic E-state index is 0.169. The molecule has 1 fully saturated rings. The molecular formula is C4H6N6O. The topological polar surface area (TPSA) is 107 Å². The number of rotatable bonds is 2. The van der Waals surface area contributed by atoms with E-state index in [0.717, 1.165) is 0 Å². The van der Waals surface area contributed by atoms with Gasteiger partial charge in [-0.05, 0) is 18.0 Å². The summed E-state index contributed by atoms with van der Waals surface area (Å²) in [5.41, 5.74) is 15.2. The highest BCUT2D eigenvalue weighted by Gasteiger charge is 2.44. The molecule has 0 spiro atoms. The normalized spacial score (nSPS) is 34.5. The number of ether oxygens (including phenoxy) is 1. The van der Waals surface area contributed by atoms with Gasteiger partial charge in [0, 0.05) is 9.82 Å². The molecule has 7 heteroatoms. The summed E-state index contributed by atoms with van der Waals surface area (Å²) >= 11 is 0. The van der Waals surface area contributed by atoms with Crippen LogP contribution < -0.4 is 0 Å². The predicted octanol–water partition coefficient (Wildman–Crippen LogP) is 1.72. The van der Waals surface area contributed by atoms with Crippen molar-refractivity contribution >= 4 is 0 Å². The zero-order valence-electron chi connectivity index (χ0n) is 5.88. The summed E-state index contributed by atoms with van der Waals surface area (Å²) in [6.07, 6.45) is -0.325. The van der Waals surface area contributed by atoms with Crippen molar-refractivity contribution in [3.05, 3.63) is 20.9 Å². The highest BCUT2D eigenvalue weighted by molar-refractivity contribution is 4.99. The Morgan fingerprint density at radius 2 is 2.00 bits per heavy atom. The van der Waals surface area contributed by atoms with E-state index >= 15 is 0 Å². The van der Waals surface area contributed by atoms with Crippen LogP contribution in [0.15, 0.2) is 10.2 Å². The van der Waals surface area contributed by atoms with Crippen LogP contribution in [0.25, 0.3) is 20.9 Å². The number of nitrogens with zero attached hydrogens (tertiary/aromatic N) is 6. The molecule has 58 valence electrons. The fourth-order valence-corrected chi connectivity index (χ4v) is 0.794. The summed E-state index contributed by atoms with van der Waals surface area (Å²) in [7, 11) is 0. The van der Waals surface area contributed by atoms with Gasteiger partial charge < -0.3 is 4.74 Å². The van der Waals surface area contributed by atoms with Crippen LogP contribution in [-0.4, -0.2) is 18.4 Å². The Morgan fingerprint density at radius 3 is 2.18 bits per heavy atom. The van der Waals surface area contributed by atoms with Gasteiger partial charge in [0.25, 0.3) is 0 Å². The molecule has 1 aliphatic rings. The summed E-state index contributed by atoms with van der Waals surface area (Å²) in [6, 6.07) is 0. The molecule has 1 atom stereocenters. The lowest BCUT2D eigenvalue weighted by Crippen LogP contribution is -2.53. The monoisotopic (exact) mass is 154 g/mol. The Kier molecular flexibility index (Phi) is 1.87. The first-order valence-corrected chi connectivity index (χ1v) is 2.99. The Labute approximate surface area is 62.2 Å². The van der Waals surface area contributed by atoms with E-state index in [-0.39, 0.29) is 12.7 Å². The van der Waals surface area contributed by atoms with Crippen molar-refractivity contribution in [2.24, 2.45) is 10.2 Å². The molecule has 0 saturated carbocycles. The van der Waals surface area contributed by atoms with E-state index in [9.17, 15) is 0 Å². The quantitative estimate of drug-likeness (QED) is 0.337. The molecule has 1 rings (SSSR count). The summed E-state index contributed by atoms with van der Waals surface area (Å²) in [5.74, 6) is 0. The van der Waals surface area contributed by atoms with Crippen LogP contribution >= 0.6 is 0 Å². The van der Waals surface area contributed by atoms with Gasteiger partial charge in [-0.3, -0.25) is 0 Å². The maximum Gasteiger partial charge on any atom is 0.175 e. The van der Waals surface area contributed by atoms with E-state index in [1.807, 2.05) is 0 Å². The second-order valence-corrected chi connectivity index (χ2v) is 2.21. The van der Waals surface area contributed by atoms with E-state index in [2.05, 4.69) is 20.1 Å². The molecule has 1 heterocycles. The lowest BCUT2D eigenvalue weighted by molar-refractivity contribution is -0.117. The minimum atomic E-state index is -1.02. The highest BCUT2D eigenvalue weighted by Crippen LogP contribution is 2.31. The van der Waals surface area contributed by atoms with Crippen molar-refractivity contribution in [2.75, 3.05) is 6.61 Å². The molecule has 0 N–H and O–H groups in total. The van der Waals surface area contributed by atoms with E-state index in [0.29, 0.717) is 0 Å². The van der Waals surface area contributed by atoms with Gasteiger partial charge in [-0.1, -0.05) is 10.2 Å². The number of hydrogen-bond acceptors (Lipinski definition) is 3. The van der Waals surface area contributed by atoms with Gasteiger partial charge in [-0.25, -0.2) is 0 Å². The largest absolute Gasteiger partial charge is 0.377 e. The maximum absolute atomic E-state index is 8.13. The fraction of sp³-hybridized carbons (Fsp3) is 1.00. The molecule has 0 aliphatic carbocycles. The maximum atomic E-state index is 8.13. The van der Waals surface area contributed by atoms with Gasteiger partial charge in [-0.15, -0.1) is 0 Å². The van der Waals surface area contributed by atoms with Crippen LogP contribution in [0.2, 0.25) is 0 Å². The third-order valence-corrected chi connectivity index (χ3v) is 1.63. The Bertz CT molecular complexity index is 231. The van der Waals surface area contributed by atoms with Crippen molar-refractivity contribution in [3.8, 4) is 0 Å². The average Bonchev–Trinajstić information content (AvgIpc) is 2.01. The second kappa shape index (κ2) is 2.67. The van der Waals surface area contributed by atoms with Crippen LogP contribution in [0.1, 0.15) is 6.92 Å². The molecule has 0 aromatic heterocycles. The molecule has 1 saturated heterocycles. The zero-order chi connectivity index (χ0) is 8.32. The first-order chi connectivity index (χ1) is 5.25. The van der Waals surface area contributed by atoms with Gasteiger partial charge in [0.05, 0.1) is 12.7 Å². The van der Waals surface area contributed by atoms with Crippen LogP contribution in [0.5, 0.6) is 0 Å². The highest BCUT2D eigenvalue weighted by atomic mass is 16.5.